The molecule has 0 saturated carbocycles. The van der Waals surface area contributed by atoms with E-state index >= 15 is 0 Å². The Balaban J connectivity index is 1.25. The Morgan fingerprint density at radius 3 is 1.74 bits per heavy atom. The predicted octanol–water partition coefficient (Wildman–Crippen LogP) is 11.5. The fraction of sp³-hybridized carbons (Fsp3) is 0.0682. The van der Waals surface area contributed by atoms with Gasteiger partial charge in [-0.3, -0.25) is 0 Å². The third-order valence-corrected chi connectivity index (χ3v) is 9.80. The molecular weight excluding hydrogens is 556 g/mol. The van der Waals surface area contributed by atoms with Gasteiger partial charge in [-0.1, -0.05) is 135 Å². The normalized spacial score (nSPS) is 13.2. The van der Waals surface area contributed by atoms with Crippen molar-refractivity contribution in [1.82, 2.24) is 9.55 Å². The lowest BCUT2D eigenvalue weighted by molar-refractivity contribution is 0.660. The SMILES string of the molecule is CC1(C)c2ccccc2-c2cc(-c3ccc4c(c3)c3ccccc3n4-c3cc(-c4ccccc4)nc(-c4ccccc4)c3)ccc21. The summed E-state index contributed by atoms with van der Waals surface area (Å²) in [7, 11) is 0. The number of pyridine rings is 1. The number of rotatable bonds is 4. The number of para-hydroxylation sites is 1. The van der Waals surface area contributed by atoms with E-state index in [0.717, 1.165) is 28.2 Å². The molecule has 0 aliphatic heterocycles. The van der Waals surface area contributed by atoms with Gasteiger partial charge in [-0.2, -0.15) is 0 Å². The molecule has 0 bridgehead atoms. The Kier molecular flexibility index (Phi) is 5.88. The highest BCUT2D eigenvalue weighted by Gasteiger charge is 2.35. The molecule has 218 valence electrons. The molecule has 2 nitrogen and oxygen atoms in total. The van der Waals surface area contributed by atoms with Crippen LogP contribution in [0.2, 0.25) is 0 Å². The van der Waals surface area contributed by atoms with E-state index in [9.17, 15) is 0 Å². The zero-order chi connectivity index (χ0) is 30.8. The van der Waals surface area contributed by atoms with Gasteiger partial charge in [-0.15, -0.1) is 0 Å². The topological polar surface area (TPSA) is 17.8 Å². The maximum Gasteiger partial charge on any atom is 0.0730 e. The van der Waals surface area contributed by atoms with Crippen molar-refractivity contribution in [2.45, 2.75) is 19.3 Å². The Labute approximate surface area is 269 Å². The number of hydrogen-bond acceptors (Lipinski definition) is 1. The van der Waals surface area contributed by atoms with Gasteiger partial charge in [0.1, 0.15) is 0 Å². The minimum atomic E-state index is 0.00355. The van der Waals surface area contributed by atoms with Gasteiger partial charge in [0.2, 0.25) is 0 Å². The van der Waals surface area contributed by atoms with Crippen molar-refractivity contribution in [2.75, 3.05) is 0 Å². The van der Waals surface area contributed by atoms with Crippen LogP contribution < -0.4 is 0 Å². The molecule has 6 aromatic carbocycles. The van der Waals surface area contributed by atoms with Gasteiger partial charge >= 0.3 is 0 Å². The zero-order valence-electron chi connectivity index (χ0n) is 25.9. The lowest BCUT2D eigenvalue weighted by atomic mass is 9.82. The molecule has 0 N–H and O–H groups in total. The first-order chi connectivity index (χ1) is 22.6. The molecule has 1 aliphatic carbocycles. The second-order valence-electron chi connectivity index (χ2n) is 12.8. The molecule has 9 rings (SSSR count). The van der Waals surface area contributed by atoms with Crippen LogP contribution in [0.3, 0.4) is 0 Å². The van der Waals surface area contributed by atoms with E-state index in [0.29, 0.717) is 0 Å². The Morgan fingerprint density at radius 1 is 0.435 bits per heavy atom. The van der Waals surface area contributed by atoms with Crippen molar-refractivity contribution in [2.24, 2.45) is 0 Å². The van der Waals surface area contributed by atoms with Gasteiger partial charge in [-0.25, -0.2) is 4.98 Å². The van der Waals surface area contributed by atoms with Gasteiger partial charge in [0, 0.05) is 27.3 Å². The highest BCUT2D eigenvalue weighted by Crippen LogP contribution is 2.49. The molecule has 46 heavy (non-hydrogen) atoms. The highest BCUT2D eigenvalue weighted by molar-refractivity contribution is 6.10. The number of hydrogen-bond donors (Lipinski definition) is 0. The van der Waals surface area contributed by atoms with Crippen LogP contribution in [0.15, 0.2) is 158 Å². The second kappa shape index (κ2) is 10.2. The van der Waals surface area contributed by atoms with E-state index in [1.54, 1.807) is 0 Å². The first-order valence-electron chi connectivity index (χ1n) is 16.0. The molecule has 0 amide bonds. The molecular formula is C44H32N2. The summed E-state index contributed by atoms with van der Waals surface area (Å²) in [5.74, 6) is 0. The number of aromatic nitrogens is 2. The quantitative estimate of drug-likeness (QED) is 0.200. The van der Waals surface area contributed by atoms with Crippen LogP contribution in [0, 0.1) is 0 Å². The smallest absolute Gasteiger partial charge is 0.0730 e. The average molecular weight is 589 g/mol. The third-order valence-electron chi connectivity index (χ3n) is 9.80. The summed E-state index contributed by atoms with van der Waals surface area (Å²) >= 11 is 0. The van der Waals surface area contributed by atoms with E-state index < -0.39 is 0 Å². The van der Waals surface area contributed by atoms with Gasteiger partial charge in [-0.05, 0) is 69.8 Å². The molecule has 0 radical (unpaired) electrons. The van der Waals surface area contributed by atoms with Gasteiger partial charge in [0.25, 0.3) is 0 Å². The van der Waals surface area contributed by atoms with Crippen molar-refractivity contribution in [3.63, 3.8) is 0 Å². The Bertz CT molecular complexity index is 2370. The van der Waals surface area contributed by atoms with Crippen LogP contribution >= 0.6 is 0 Å². The van der Waals surface area contributed by atoms with E-state index in [1.165, 1.54) is 55.2 Å². The van der Waals surface area contributed by atoms with Crippen molar-refractivity contribution in [3.05, 3.63) is 169 Å². The summed E-state index contributed by atoms with van der Waals surface area (Å²) in [4.78, 5) is 5.14. The molecule has 2 heterocycles. The van der Waals surface area contributed by atoms with E-state index in [2.05, 4.69) is 176 Å². The summed E-state index contributed by atoms with van der Waals surface area (Å²) in [6.07, 6.45) is 0. The minimum Gasteiger partial charge on any atom is -0.309 e. The Hall–Kier alpha value is -5.73. The molecule has 0 unspecified atom stereocenters. The summed E-state index contributed by atoms with van der Waals surface area (Å²) in [5, 5.41) is 2.49. The monoisotopic (exact) mass is 588 g/mol. The lowest BCUT2D eigenvalue weighted by Gasteiger charge is -2.21. The van der Waals surface area contributed by atoms with E-state index in [4.69, 9.17) is 4.98 Å². The third kappa shape index (κ3) is 4.07. The zero-order valence-corrected chi connectivity index (χ0v) is 25.9. The molecule has 0 spiro atoms. The summed E-state index contributed by atoms with van der Waals surface area (Å²) < 4.78 is 2.40. The van der Waals surface area contributed by atoms with Crippen LogP contribution in [0.25, 0.3) is 72.3 Å². The van der Waals surface area contributed by atoms with Crippen LogP contribution in [0.1, 0.15) is 25.0 Å². The standard InChI is InChI=1S/C44H32N2/c1-44(2)38-19-11-9-17-34(38)36-25-31(21-23-39(36)44)32-22-24-43-37(26-32)35-18-10-12-20-42(35)46(43)33-27-40(29-13-5-3-6-14-29)45-41(28-33)30-15-7-4-8-16-30/h3-28H,1-2H3. The van der Waals surface area contributed by atoms with Crippen molar-refractivity contribution < 1.29 is 0 Å². The Morgan fingerprint density at radius 2 is 1.00 bits per heavy atom. The molecule has 1 aliphatic rings. The summed E-state index contributed by atoms with van der Waals surface area (Å²) in [6, 6.07) is 57.0. The minimum absolute atomic E-state index is 0.00355. The fourth-order valence-electron chi connectivity index (χ4n) is 7.49. The van der Waals surface area contributed by atoms with E-state index in [1.807, 2.05) is 0 Å². The van der Waals surface area contributed by atoms with Crippen molar-refractivity contribution in [3.8, 4) is 50.5 Å². The number of nitrogens with zero attached hydrogens (tertiary/aromatic N) is 2. The summed E-state index contributed by atoms with van der Waals surface area (Å²) in [6.45, 7) is 4.67. The highest BCUT2D eigenvalue weighted by atomic mass is 15.0. The second-order valence-corrected chi connectivity index (χ2v) is 12.8. The predicted molar refractivity (Wildman–Crippen MR) is 192 cm³/mol. The van der Waals surface area contributed by atoms with Gasteiger partial charge < -0.3 is 4.57 Å². The summed E-state index contributed by atoms with van der Waals surface area (Å²) in [5.41, 5.74) is 15.6. The van der Waals surface area contributed by atoms with Crippen LogP contribution in [0.4, 0.5) is 0 Å². The van der Waals surface area contributed by atoms with Crippen LogP contribution in [-0.4, -0.2) is 9.55 Å². The van der Waals surface area contributed by atoms with E-state index in [-0.39, 0.29) is 5.41 Å². The maximum atomic E-state index is 5.14. The lowest BCUT2D eigenvalue weighted by Crippen LogP contribution is -2.14. The fourth-order valence-corrected chi connectivity index (χ4v) is 7.49. The first-order valence-corrected chi connectivity index (χ1v) is 16.0. The number of benzene rings is 6. The molecule has 0 fully saturated rings. The first kappa shape index (κ1) is 26.7. The molecule has 0 atom stereocenters. The van der Waals surface area contributed by atoms with Crippen molar-refractivity contribution in [1.29, 1.82) is 0 Å². The molecule has 0 saturated heterocycles. The van der Waals surface area contributed by atoms with Crippen molar-refractivity contribution >= 4 is 21.8 Å². The van der Waals surface area contributed by atoms with Crippen LogP contribution in [0.5, 0.6) is 0 Å². The number of fused-ring (bicyclic) bond motifs is 6. The van der Waals surface area contributed by atoms with Crippen LogP contribution in [-0.2, 0) is 5.41 Å². The van der Waals surface area contributed by atoms with Gasteiger partial charge in [0.15, 0.2) is 0 Å². The molecule has 2 heteroatoms. The average Bonchev–Trinajstić information content (AvgIpc) is 3.57. The maximum absolute atomic E-state index is 5.14. The van der Waals surface area contributed by atoms with Gasteiger partial charge in [0.05, 0.1) is 28.1 Å². The largest absolute Gasteiger partial charge is 0.309 e. The molecule has 2 aromatic heterocycles. The molecule has 8 aromatic rings.